The van der Waals surface area contributed by atoms with Gasteiger partial charge in [-0.1, -0.05) is 12.1 Å². The van der Waals surface area contributed by atoms with E-state index in [0.29, 0.717) is 22.6 Å². The molecule has 0 aliphatic rings. The summed E-state index contributed by atoms with van der Waals surface area (Å²) in [6.45, 7) is 3.80. The van der Waals surface area contributed by atoms with Crippen LogP contribution in [-0.2, 0) is 11.6 Å². The summed E-state index contributed by atoms with van der Waals surface area (Å²) in [5.74, 6) is 0.254. The molecule has 0 saturated carbocycles. The van der Waals surface area contributed by atoms with Crippen molar-refractivity contribution in [3.05, 3.63) is 84.2 Å². The predicted molar refractivity (Wildman–Crippen MR) is 104 cm³/mol. The molecule has 0 saturated heterocycles. The molecular weight excluding hydrogens is 412 g/mol. The van der Waals surface area contributed by atoms with E-state index in [4.69, 9.17) is 0 Å². The van der Waals surface area contributed by atoms with Crippen LogP contribution in [0, 0.1) is 6.08 Å². The highest BCUT2D eigenvalue weighted by atomic mass is 19.4. The normalized spacial score (nSPS) is 12.2. The molecular formula is C21H16F4N6. The van der Waals surface area contributed by atoms with E-state index in [0.717, 1.165) is 10.7 Å². The van der Waals surface area contributed by atoms with Crippen LogP contribution in [0.3, 0.4) is 0 Å². The van der Waals surface area contributed by atoms with Gasteiger partial charge in [0.25, 0.3) is 0 Å². The average molecular weight is 428 g/mol. The van der Waals surface area contributed by atoms with Gasteiger partial charge in [-0.05, 0) is 44.2 Å². The first-order chi connectivity index (χ1) is 14.6. The number of pyridine rings is 2. The molecule has 158 valence electrons. The summed E-state index contributed by atoms with van der Waals surface area (Å²) < 4.78 is 52.7. The van der Waals surface area contributed by atoms with Gasteiger partial charge in [0, 0.05) is 29.6 Å². The van der Waals surface area contributed by atoms with E-state index >= 15 is 0 Å². The molecule has 4 rings (SSSR count). The number of nitrogens with zero attached hydrogens (tertiary/aromatic N) is 6. The number of halogens is 4. The van der Waals surface area contributed by atoms with Crippen LogP contribution >= 0.6 is 0 Å². The zero-order valence-corrected chi connectivity index (χ0v) is 16.5. The second-order valence-electron chi connectivity index (χ2n) is 7.30. The molecule has 6 nitrogen and oxygen atoms in total. The average Bonchev–Trinajstić information content (AvgIpc) is 3.25. The molecule has 10 heteroatoms. The van der Waals surface area contributed by atoms with Crippen molar-refractivity contribution < 1.29 is 17.6 Å². The molecule has 0 radical (unpaired) electrons. The molecule has 0 aliphatic heterocycles. The third kappa shape index (κ3) is 4.14. The van der Waals surface area contributed by atoms with Crippen molar-refractivity contribution in [3.63, 3.8) is 0 Å². The highest BCUT2D eigenvalue weighted by Crippen LogP contribution is 2.31. The summed E-state index contributed by atoms with van der Waals surface area (Å²) in [6, 6.07) is 11.3. The Hall–Kier alpha value is -3.69. The first-order valence-corrected chi connectivity index (χ1v) is 9.21. The van der Waals surface area contributed by atoms with Gasteiger partial charge in [0.2, 0.25) is 0 Å². The number of rotatable bonds is 4. The molecule has 0 aromatic carbocycles. The molecule has 0 unspecified atom stereocenters. The van der Waals surface area contributed by atoms with Crippen molar-refractivity contribution >= 4 is 0 Å². The Kier molecular flexibility index (Phi) is 5.00. The van der Waals surface area contributed by atoms with Gasteiger partial charge in [-0.25, -0.2) is 19.6 Å². The highest BCUT2D eigenvalue weighted by Gasteiger charge is 2.34. The Bertz CT molecular complexity index is 1220. The van der Waals surface area contributed by atoms with Gasteiger partial charge in [0.05, 0.1) is 17.1 Å². The van der Waals surface area contributed by atoms with Crippen molar-refractivity contribution in [2.24, 2.45) is 0 Å². The second-order valence-corrected chi connectivity index (χ2v) is 7.30. The molecule has 0 atom stereocenters. The highest BCUT2D eigenvalue weighted by molar-refractivity contribution is 5.57. The third-order valence-corrected chi connectivity index (χ3v) is 4.79. The summed E-state index contributed by atoms with van der Waals surface area (Å²) in [4.78, 5) is 16.3. The minimum atomic E-state index is -4.53. The molecule has 0 N–H and O–H groups in total. The van der Waals surface area contributed by atoms with Crippen molar-refractivity contribution in [1.82, 2.24) is 29.7 Å². The van der Waals surface area contributed by atoms with Crippen LogP contribution in [0.1, 0.15) is 30.9 Å². The molecule has 4 aromatic heterocycles. The lowest BCUT2D eigenvalue weighted by molar-refractivity contribution is -0.141. The lowest BCUT2D eigenvalue weighted by Gasteiger charge is -2.24. The van der Waals surface area contributed by atoms with E-state index in [2.05, 4.69) is 25.0 Å². The van der Waals surface area contributed by atoms with Crippen LogP contribution in [0.4, 0.5) is 17.6 Å². The first-order valence-electron chi connectivity index (χ1n) is 9.21. The number of aromatic nitrogens is 6. The second kappa shape index (κ2) is 7.53. The number of hydrogen-bond acceptors (Lipinski definition) is 5. The Labute approximate surface area is 174 Å². The van der Waals surface area contributed by atoms with E-state index in [1.54, 1.807) is 30.3 Å². The van der Waals surface area contributed by atoms with Gasteiger partial charge in [0.15, 0.2) is 11.5 Å². The van der Waals surface area contributed by atoms with Crippen molar-refractivity contribution in [2.75, 3.05) is 0 Å². The maximum absolute atomic E-state index is 13.0. The Balaban J connectivity index is 1.69. The largest absolute Gasteiger partial charge is 0.435 e. The quantitative estimate of drug-likeness (QED) is 0.351. The van der Waals surface area contributed by atoms with Crippen LogP contribution < -0.4 is 0 Å². The van der Waals surface area contributed by atoms with Crippen molar-refractivity contribution in [3.8, 4) is 17.1 Å². The van der Waals surface area contributed by atoms with E-state index < -0.39 is 23.4 Å². The van der Waals surface area contributed by atoms with E-state index in [1.807, 2.05) is 19.9 Å². The fourth-order valence-corrected chi connectivity index (χ4v) is 3.02. The predicted octanol–water partition coefficient (Wildman–Crippen LogP) is 4.60. The molecule has 4 heterocycles. The van der Waals surface area contributed by atoms with Gasteiger partial charge in [-0.2, -0.15) is 22.7 Å². The Morgan fingerprint density at radius 3 is 2.10 bits per heavy atom. The van der Waals surface area contributed by atoms with Gasteiger partial charge >= 0.3 is 12.3 Å². The lowest BCUT2D eigenvalue weighted by Crippen LogP contribution is -2.23. The topological polar surface area (TPSA) is 69.4 Å². The van der Waals surface area contributed by atoms with Crippen molar-refractivity contribution in [2.45, 2.75) is 25.4 Å². The van der Waals surface area contributed by atoms with Crippen molar-refractivity contribution in [1.29, 1.82) is 0 Å². The number of hydrogen-bond donors (Lipinski definition) is 0. The summed E-state index contributed by atoms with van der Waals surface area (Å²) >= 11 is 0. The third-order valence-electron chi connectivity index (χ3n) is 4.79. The Morgan fingerprint density at radius 1 is 0.806 bits per heavy atom. The molecule has 0 aliphatic carbocycles. The SMILES string of the molecule is CC(C)(c1cccc(-c2cnc(F)nc2)n1)c1cccc(-n2ccc(C(F)(F)F)n2)n1. The minimum absolute atomic E-state index is 0.254. The molecule has 0 spiro atoms. The van der Waals surface area contributed by atoms with E-state index in [-0.39, 0.29) is 5.82 Å². The van der Waals surface area contributed by atoms with Gasteiger partial charge in [-0.3, -0.25) is 4.98 Å². The van der Waals surface area contributed by atoms with Crippen LogP contribution in [0.5, 0.6) is 0 Å². The van der Waals surface area contributed by atoms with Gasteiger partial charge < -0.3 is 0 Å². The van der Waals surface area contributed by atoms with Crippen LogP contribution in [-0.4, -0.2) is 29.7 Å². The van der Waals surface area contributed by atoms with Gasteiger partial charge in [0.1, 0.15) is 0 Å². The van der Waals surface area contributed by atoms with Crippen LogP contribution in [0.15, 0.2) is 61.1 Å². The smallest absolute Gasteiger partial charge is 0.252 e. The maximum Gasteiger partial charge on any atom is 0.435 e. The zero-order chi connectivity index (χ0) is 22.2. The molecule has 0 bridgehead atoms. The van der Waals surface area contributed by atoms with Crippen LogP contribution in [0.2, 0.25) is 0 Å². The molecule has 4 aromatic rings. The van der Waals surface area contributed by atoms with Crippen LogP contribution in [0.25, 0.3) is 17.1 Å². The summed E-state index contributed by atoms with van der Waals surface area (Å²) in [6.07, 6.45) is -1.45. The Morgan fingerprint density at radius 2 is 1.45 bits per heavy atom. The summed E-state index contributed by atoms with van der Waals surface area (Å²) in [5.41, 5.74) is 0.687. The summed E-state index contributed by atoms with van der Waals surface area (Å²) in [5, 5.41) is 3.58. The monoisotopic (exact) mass is 428 g/mol. The number of alkyl halides is 3. The maximum atomic E-state index is 13.0. The molecule has 0 fully saturated rings. The lowest BCUT2D eigenvalue weighted by atomic mass is 9.84. The van der Waals surface area contributed by atoms with Gasteiger partial charge in [-0.15, -0.1) is 0 Å². The molecule has 0 amide bonds. The van der Waals surface area contributed by atoms with E-state index in [1.165, 1.54) is 18.6 Å². The van der Waals surface area contributed by atoms with E-state index in [9.17, 15) is 17.6 Å². The minimum Gasteiger partial charge on any atom is -0.252 e. The fraction of sp³-hybridized carbons (Fsp3) is 0.190. The first kappa shape index (κ1) is 20.6. The standard InChI is InChI=1S/C21H16F4N6/c1-20(2,15-6-3-5-14(28-15)13-11-26-19(22)27-12-13)16-7-4-8-18(29-16)31-10-9-17(30-31)21(23,24)25/h3-12H,1-2H3. The molecule has 31 heavy (non-hydrogen) atoms. The summed E-state index contributed by atoms with van der Waals surface area (Å²) in [7, 11) is 0. The fourth-order valence-electron chi connectivity index (χ4n) is 3.02. The zero-order valence-electron chi connectivity index (χ0n) is 16.5.